The Labute approximate surface area is 73.5 Å². The molecule has 3 heteroatoms. The second-order valence-corrected chi connectivity index (χ2v) is 3.36. The fraction of sp³-hybridized carbons (Fsp3) is 0.889. The number of hydrogen-bond donors (Lipinski definition) is 1. The van der Waals surface area contributed by atoms with Crippen LogP contribution in [-0.4, -0.2) is 25.2 Å². The maximum absolute atomic E-state index is 11.3. The van der Waals surface area contributed by atoms with E-state index in [-0.39, 0.29) is 18.0 Å². The molecule has 70 valence electrons. The van der Waals surface area contributed by atoms with Crippen LogP contribution in [0.4, 0.5) is 0 Å². The van der Waals surface area contributed by atoms with Gasteiger partial charge in [-0.15, -0.1) is 0 Å². The van der Waals surface area contributed by atoms with Crippen molar-refractivity contribution in [3.05, 3.63) is 0 Å². The molecule has 0 amide bonds. The predicted molar refractivity (Wildman–Crippen MR) is 46.8 cm³/mol. The molecule has 0 aromatic heterocycles. The van der Waals surface area contributed by atoms with E-state index in [4.69, 9.17) is 4.74 Å². The van der Waals surface area contributed by atoms with Crippen LogP contribution < -0.4 is 5.32 Å². The van der Waals surface area contributed by atoms with Gasteiger partial charge in [0.15, 0.2) is 0 Å². The molecule has 2 unspecified atom stereocenters. The average molecular weight is 171 g/mol. The number of carbonyl (C=O) groups is 1. The van der Waals surface area contributed by atoms with Gasteiger partial charge in [0, 0.05) is 6.54 Å². The van der Waals surface area contributed by atoms with E-state index in [1.54, 1.807) is 0 Å². The smallest absolute Gasteiger partial charge is 0.308 e. The highest BCUT2D eigenvalue weighted by Gasteiger charge is 2.21. The van der Waals surface area contributed by atoms with E-state index < -0.39 is 0 Å². The van der Waals surface area contributed by atoms with Crippen LogP contribution in [0.2, 0.25) is 0 Å². The number of hydrogen-bond acceptors (Lipinski definition) is 3. The lowest BCUT2D eigenvalue weighted by atomic mass is 10.1. The van der Waals surface area contributed by atoms with Crippen LogP contribution in [-0.2, 0) is 9.53 Å². The third-order valence-corrected chi connectivity index (χ3v) is 2.31. The summed E-state index contributed by atoms with van der Waals surface area (Å²) in [5.74, 6) is -0.00296. The Bertz CT molecular complexity index is 153. The van der Waals surface area contributed by atoms with Crippen molar-refractivity contribution in [3.8, 4) is 0 Å². The molecule has 1 rings (SSSR count). The molecule has 0 bridgehead atoms. The van der Waals surface area contributed by atoms with Gasteiger partial charge in [-0.25, -0.2) is 0 Å². The van der Waals surface area contributed by atoms with Crippen molar-refractivity contribution < 1.29 is 9.53 Å². The zero-order chi connectivity index (χ0) is 8.97. The summed E-state index contributed by atoms with van der Waals surface area (Å²) in [5.41, 5.74) is 0. The van der Waals surface area contributed by atoms with Crippen molar-refractivity contribution in [2.24, 2.45) is 5.92 Å². The van der Waals surface area contributed by atoms with Crippen LogP contribution in [0.25, 0.3) is 0 Å². The molecule has 1 heterocycles. The van der Waals surface area contributed by atoms with E-state index >= 15 is 0 Å². The summed E-state index contributed by atoms with van der Waals surface area (Å²) in [6.45, 7) is 5.70. The van der Waals surface area contributed by atoms with Crippen LogP contribution in [0.3, 0.4) is 0 Å². The summed E-state index contributed by atoms with van der Waals surface area (Å²) in [4.78, 5) is 11.3. The maximum Gasteiger partial charge on any atom is 0.308 e. The Hall–Kier alpha value is -0.570. The molecule has 2 atom stereocenters. The van der Waals surface area contributed by atoms with E-state index in [1.807, 2.05) is 13.8 Å². The average Bonchev–Trinajstić information content (AvgIpc) is 2.55. The lowest BCUT2D eigenvalue weighted by Crippen LogP contribution is -2.24. The van der Waals surface area contributed by atoms with Gasteiger partial charge < -0.3 is 10.1 Å². The molecule has 0 spiro atoms. The Kier molecular flexibility index (Phi) is 3.53. The zero-order valence-electron chi connectivity index (χ0n) is 7.80. The van der Waals surface area contributed by atoms with Gasteiger partial charge in [0.1, 0.15) is 6.10 Å². The summed E-state index contributed by atoms with van der Waals surface area (Å²) in [7, 11) is 0. The fourth-order valence-corrected chi connectivity index (χ4v) is 1.18. The summed E-state index contributed by atoms with van der Waals surface area (Å²) in [5, 5.41) is 3.16. The van der Waals surface area contributed by atoms with E-state index in [9.17, 15) is 4.79 Å². The maximum atomic E-state index is 11.3. The highest BCUT2D eigenvalue weighted by molar-refractivity contribution is 5.72. The first-order valence-electron chi connectivity index (χ1n) is 4.65. The largest absolute Gasteiger partial charge is 0.461 e. The van der Waals surface area contributed by atoms with Crippen LogP contribution in [0, 0.1) is 5.92 Å². The third kappa shape index (κ3) is 2.48. The summed E-state index contributed by atoms with van der Waals surface area (Å²) < 4.78 is 5.26. The van der Waals surface area contributed by atoms with Gasteiger partial charge in [0.2, 0.25) is 0 Å². The SMILES string of the molecule is CCC(C)C(=O)OC1CCNC1. The molecular weight excluding hydrogens is 154 g/mol. The van der Waals surface area contributed by atoms with Crippen LogP contribution in [0.1, 0.15) is 26.7 Å². The quantitative estimate of drug-likeness (QED) is 0.642. The second kappa shape index (κ2) is 4.45. The summed E-state index contributed by atoms with van der Waals surface area (Å²) in [6, 6.07) is 0. The number of esters is 1. The minimum absolute atomic E-state index is 0.0469. The van der Waals surface area contributed by atoms with Crippen LogP contribution in [0.15, 0.2) is 0 Å². The lowest BCUT2D eigenvalue weighted by Gasteiger charge is -2.13. The van der Waals surface area contributed by atoms with Gasteiger partial charge in [0.25, 0.3) is 0 Å². The predicted octanol–water partition coefficient (Wildman–Crippen LogP) is 0.938. The van der Waals surface area contributed by atoms with Crippen molar-refractivity contribution in [1.29, 1.82) is 0 Å². The first-order valence-corrected chi connectivity index (χ1v) is 4.65. The molecule has 1 fully saturated rings. The van der Waals surface area contributed by atoms with Crippen molar-refractivity contribution in [1.82, 2.24) is 5.32 Å². The van der Waals surface area contributed by atoms with E-state index in [0.717, 1.165) is 25.9 Å². The first-order chi connectivity index (χ1) is 5.74. The molecule has 0 radical (unpaired) electrons. The zero-order valence-corrected chi connectivity index (χ0v) is 7.80. The monoisotopic (exact) mass is 171 g/mol. The number of ether oxygens (including phenoxy) is 1. The highest BCUT2D eigenvalue weighted by Crippen LogP contribution is 2.09. The van der Waals surface area contributed by atoms with Crippen molar-refractivity contribution in [2.45, 2.75) is 32.8 Å². The minimum Gasteiger partial charge on any atom is -0.461 e. The van der Waals surface area contributed by atoms with Gasteiger partial charge in [-0.05, 0) is 19.4 Å². The number of nitrogens with one attached hydrogen (secondary N) is 1. The Balaban J connectivity index is 2.25. The molecule has 0 saturated carbocycles. The summed E-state index contributed by atoms with van der Waals surface area (Å²) >= 11 is 0. The highest BCUT2D eigenvalue weighted by atomic mass is 16.5. The molecule has 1 aliphatic heterocycles. The molecule has 3 nitrogen and oxygen atoms in total. The van der Waals surface area contributed by atoms with Gasteiger partial charge in [-0.1, -0.05) is 13.8 Å². The standard InChI is InChI=1S/C9H17NO2/c1-3-7(2)9(11)12-8-4-5-10-6-8/h7-8,10H,3-6H2,1-2H3. The number of carbonyl (C=O) groups excluding carboxylic acids is 1. The fourth-order valence-electron chi connectivity index (χ4n) is 1.18. The van der Waals surface area contributed by atoms with Gasteiger partial charge in [0.05, 0.1) is 5.92 Å². The minimum atomic E-state index is -0.0498. The number of rotatable bonds is 3. The summed E-state index contributed by atoms with van der Waals surface area (Å²) in [6.07, 6.45) is 1.94. The van der Waals surface area contributed by atoms with Gasteiger partial charge in [-0.3, -0.25) is 4.79 Å². The van der Waals surface area contributed by atoms with Crippen molar-refractivity contribution in [3.63, 3.8) is 0 Å². The van der Waals surface area contributed by atoms with E-state index in [2.05, 4.69) is 5.32 Å². The van der Waals surface area contributed by atoms with Crippen molar-refractivity contribution >= 4 is 5.97 Å². The molecule has 1 saturated heterocycles. The van der Waals surface area contributed by atoms with Crippen molar-refractivity contribution in [2.75, 3.05) is 13.1 Å². The molecule has 1 N–H and O–H groups in total. The Morgan fingerprint density at radius 1 is 1.75 bits per heavy atom. The topological polar surface area (TPSA) is 38.3 Å². The molecule has 0 aliphatic carbocycles. The van der Waals surface area contributed by atoms with Crippen LogP contribution >= 0.6 is 0 Å². The van der Waals surface area contributed by atoms with Crippen LogP contribution in [0.5, 0.6) is 0 Å². The second-order valence-electron chi connectivity index (χ2n) is 3.36. The van der Waals surface area contributed by atoms with Gasteiger partial charge in [-0.2, -0.15) is 0 Å². The van der Waals surface area contributed by atoms with E-state index in [0.29, 0.717) is 0 Å². The normalized spacial score (nSPS) is 25.3. The molecule has 1 aliphatic rings. The Morgan fingerprint density at radius 2 is 2.50 bits per heavy atom. The van der Waals surface area contributed by atoms with Gasteiger partial charge >= 0.3 is 5.97 Å². The first kappa shape index (κ1) is 9.52. The molecule has 0 aromatic carbocycles. The molecule has 0 aromatic rings. The van der Waals surface area contributed by atoms with E-state index in [1.165, 1.54) is 0 Å². The molecular formula is C9H17NO2. The Morgan fingerprint density at radius 3 is 3.00 bits per heavy atom. The third-order valence-electron chi connectivity index (χ3n) is 2.31. The lowest BCUT2D eigenvalue weighted by molar-refractivity contribution is -0.152. The molecule has 12 heavy (non-hydrogen) atoms.